The maximum Gasteiger partial charge on any atom is 0.251 e. The van der Waals surface area contributed by atoms with Crippen LogP contribution < -0.4 is 10.6 Å². The lowest BCUT2D eigenvalue weighted by Crippen LogP contribution is -2.26. The molecule has 0 saturated carbocycles. The molecule has 1 aromatic rings. The second-order valence-corrected chi connectivity index (χ2v) is 3.78. The molecule has 1 aromatic carbocycles. The number of carbonyl (C=O) groups excluding carboxylic acids is 2. The van der Waals surface area contributed by atoms with Gasteiger partial charge in [0, 0.05) is 19.2 Å². The van der Waals surface area contributed by atoms with Gasteiger partial charge in [-0.1, -0.05) is 12.1 Å². The zero-order valence-electron chi connectivity index (χ0n) is 9.63. The molecule has 0 spiro atoms. The third kappa shape index (κ3) is 4.44. The van der Waals surface area contributed by atoms with Gasteiger partial charge in [0.15, 0.2) is 0 Å². The largest absolute Gasteiger partial charge is 0.355 e. The molecule has 17 heavy (non-hydrogen) atoms. The first-order valence-corrected chi connectivity index (χ1v) is 5.84. The molecule has 0 aliphatic carbocycles. The van der Waals surface area contributed by atoms with Crippen molar-refractivity contribution < 1.29 is 9.59 Å². The summed E-state index contributed by atoms with van der Waals surface area (Å²) in [5, 5.41) is 5.24. The van der Waals surface area contributed by atoms with Gasteiger partial charge in [0.05, 0.1) is 0 Å². The molecule has 2 N–H and O–H groups in total. The fraction of sp³-hybridized carbons (Fsp3) is 0.333. The first kappa shape index (κ1) is 13.5. The van der Waals surface area contributed by atoms with Gasteiger partial charge in [-0.2, -0.15) is 0 Å². The first-order valence-electron chi connectivity index (χ1n) is 5.31. The maximum atomic E-state index is 11.4. The van der Waals surface area contributed by atoms with Gasteiger partial charge in [0.2, 0.25) is 5.91 Å². The standard InChI is InChI=1S/C12H15ClN2O2/c1-14-12(17)10-4-2-3-9(7-10)5-6-15-11(16)8-13/h2-4,7H,5-6,8H2,1H3,(H,14,17)(H,15,16). The smallest absolute Gasteiger partial charge is 0.251 e. The molecule has 0 aromatic heterocycles. The summed E-state index contributed by atoms with van der Waals surface area (Å²) < 4.78 is 0. The van der Waals surface area contributed by atoms with Crippen LogP contribution in [0.5, 0.6) is 0 Å². The van der Waals surface area contributed by atoms with Crippen molar-refractivity contribution in [2.45, 2.75) is 6.42 Å². The lowest BCUT2D eigenvalue weighted by molar-refractivity contribution is -0.118. The van der Waals surface area contributed by atoms with Crippen molar-refractivity contribution in [3.8, 4) is 0 Å². The summed E-state index contributed by atoms with van der Waals surface area (Å²) in [6, 6.07) is 7.30. The molecule has 0 aliphatic rings. The highest BCUT2D eigenvalue weighted by atomic mass is 35.5. The Morgan fingerprint density at radius 3 is 2.76 bits per heavy atom. The molecule has 92 valence electrons. The SMILES string of the molecule is CNC(=O)c1cccc(CCNC(=O)CCl)c1. The molecular formula is C12H15ClN2O2. The molecule has 0 unspecified atom stereocenters. The normalized spacial score (nSPS) is 9.76. The van der Waals surface area contributed by atoms with Gasteiger partial charge in [0.1, 0.15) is 5.88 Å². The Hall–Kier alpha value is -1.55. The van der Waals surface area contributed by atoms with Crippen LogP contribution in [0.15, 0.2) is 24.3 Å². The minimum atomic E-state index is -0.186. The molecule has 0 atom stereocenters. The molecule has 5 heteroatoms. The van der Waals surface area contributed by atoms with Crippen molar-refractivity contribution in [3.05, 3.63) is 35.4 Å². The zero-order chi connectivity index (χ0) is 12.7. The molecule has 0 aliphatic heterocycles. The number of amides is 2. The van der Waals surface area contributed by atoms with Crippen LogP contribution in [-0.4, -0.2) is 31.3 Å². The summed E-state index contributed by atoms with van der Waals surface area (Å²) in [7, 11) is 1.59. The molecular weight excluding hydrogens is 240 g/mol. The Bertz CT molecular complexity index is 407. The second-order valence-electron chi connectivity index (χ2n) is 3.51. The predicted molar refractivity (Wildman–Crippen MR) is 67.3 cm³/mol. The number of hydrogen-bond acceptors (Lipinski definition) is 2. The Morgan fingerprint density at radius 1 is 1.35 bits per heavy atom. The Labute approximate surface area is 105 Å². The van der Waals surface area contributed by atoms with Crippen molar-refractivity contribution in [1.29, 1.82) is 0 Å². The van der Waals surface area contributed by atoms with E-state index in [0.29, 0.717) is 18.5 Å². The van der Waals surface area contributed by atoms with E-state index in [2.05, 4.69) is 10.6 Å². The van der Waals surface area contributed by atoms with Gasteiger partial charge < -0.3 is 10.6 Å². The van der Waals surface area contributed by atoms with Gasteiger partial charge in [0.25, 0.3) is 5.91 Å². The highest BCUT2D eigenvalue weighted by Crippen LogP contribution is 2.05. The predicted octanol–water partition coefficient (Wildman–Crippen LogP) is 0.944. The van der Waals surface area contributed by atoms with Crippen molar-refractivity contribution >= 4 is 23.4 Å². The van der Waals surface area contributed by atoms with Crippen LogP contribution >= 0.6 is 11.6 Å². The summed E-state index contributed by atoms with van der Waals surface area (Å²) in [6.45, 7) is 0.517. The van der Waals surface area contributed by atoms with Crippen LogP contribution in [0, 0.1) is 0 Å². The quantitative estimate of drug-likeness (QED) is 0.769. The van der Waals surface area contributed by atoms with Gasteiger partial charge in [-0.05, 0) is 24.1 Å². The molecule has 0 radical (unpaired) electrons. The third-order valence-corrected chi connectivity index (χ3v) is 2.52. The Morgan fingerprint density at radius 2 is 2.12 bits per heavy atom. The fourth-order valence-electron chi connectivity index (χ4n) is 1.41. The van der Waals surface area contributed by atoms with Crippen LogP contribution in [0.4, 0.5) is 0 Å². The fourth-order valence-corrected chi connectivity index (χ4v) is 1.50. The van der Waals surface area contributed by atoms with Crippen LogP contribution in [0.2, 0.25) is 0 Å². The molecule has 0 saturated heterocycles. The number of hydrogen-bond donors (Lipinski definition) is 2. The summed E-state index contributed by atoms with van der Waals surface area (Å²) in [5.74, 6) is -0.330. The molecule has 0 bridgehead atoms. The monoisotopic (exact) mass is 254 g/mol. The molecule has 1 rings (SSSR count). The summed E-state index contributed by atoms with van der Waals surface area (Å²) >= 11 is 5.35. The summed E-state index contributed by atoms with van der Waals surface area (Å²) in [5.41, 5.74) is 1.62. The van der Waals surface area contributed by atoms with Gasteiger partial charge in [-0.25, -0.2) is 0 Å². The number of alkyl halides is 1. The van der Waals surface area contributed by atoms with E-state index in [9.17, 15) is 9.59 Å². The van der Waals surface area contributed by atoms with Crippen molar-refractivity contribution in [1.82, 2.24) is 10.6 Å². The number of halogens is 1. The summed E-state index contributed by atoms with van der Waals surface area (Å²) in [4.78, 5) is 22.3. The first-order chi connectivity index (χ1) is 8.17. The van der Waals surface area contributed by atoms with E-state index in [-0.39, 0.29) is 17.7 Å². The van der Waals surface area contributed by atoms with Crippen molar-refractivity contribution in [3.63, 3.8) is 0 Å². The molecule has 0 fully saturated rings. The van der Waals surface area contributed by atoms with Crippen molar-refractivity contribution in [2.24, 2.45) is 0 Å². The van der Waals surface area contributed by atoms with E-state index < -0.39 is 0 Å². The molecule has 4 nitrogen and oxygen atoms in total. The van der Waals surface area contributed by atoms with Gasteiger partial charge in [-0.3, -0.25) is 9.59 Å². The molecule has 2 amide bonds. The van der Waals surface area contributed by atoms with E-state index in [1.165, 1.54) is 0 Å². The van der Waals surface area contributed by atoms with Crippen molar-refractivity contribution in [2.75, 3.05) is 19.5 Å². The lowest BCUT2D eigenvalue weighted by Gasteiger charge is -2.05. The minimum Gasteiger partial charge on any atom is -0.355 e. The van der Waals surface area contributed by atoms with Crippen LogP contribution in [0.3, 0.4) is 0 Å². The number of nitrogens with one attached hydrogen (secondary N) is 2. The van der Waals surface area contributed by atoms with E-state index in [1.807, 2.05) is 18.2 Å². The summed E-state index contributed by atoms with van der Waals surface area (Å²) in [6.07, 6.45) is 0.674. The highest BCUT2D eigenvalue weighted by molar-refractivity contribution is 6.27. The average molecular weight is 255 g/mol. The maximum absolute atomic E-state index is 11.4. The van der Waals surface area contributed by atoms with E-state index in [1.54, 1.807) is 13.1 Å². The molecule has 0 heterocycles. The highest BCUT2D eigenvalue weighted by Gasteiger charge is 2.03. The van der Waals surface area contributed by atoms with Gasteiger partial charge in [-0.15, -0.1) is 11.6 Å². The Kier molecular flexibility index (Phi) is 5.49. The zero-order valence-corrected chi connectivity index (χ0v) is 10.4. The third-order valence-electron chi connectivity index (χ3n) is 2.27. The minimum absolute atomic E-state index is 0.0295. The van der Waals surface area contributed by atoms with E-state index in [4.69, 9.17) is 11.6 Å². The van der Waals surface area contributed by atoms with E-state index in [0.717, 1.165) is 5.56 Å². The van der Waals surface area contributed by atoms with Crippen LogP contribution in [0.25, 0.3) is 0 Å². The van der Waals surface area contributed by atoms with E-state index >= 15 is 0 Å². The van der Waals surface area contributed by atoms with Crippen LogP contribution in [-0.2, 0) is 11.2 Å². The van der Waals surface area contributed by atoms with Gasteiger partial charge >= 0.3 is 0 Å². The lowest BCUT2D eigenvalue weighted by atomic mass is 10.1. The number of benzene rings is 1. The topological polar surface area (TPSA) is 58.2 Å². The average Bonchev–Trinajstić information content (AvgIpc) is 2.38. The van der Waals surface area contributed by atoms with Crippen LogP contribution in [0.1, 0.15) is 15.9 Å². The number of rotatable bonds is 5. The Balaban J connectivity index is 2.54. The second kappa shape index (κ2) is 6.91. The number of carbonyl (C=O) groups is 2.